The fraction of sp³-hybridized carbons (Fsp3) is 0.273. The fourth-order valence-electron chi connectivity index (χ4n) is 1.47. The number of nitrogens with zero attached hydrogens (tertiary/aromatic N) is 2. The summed E-state index contributed by atoms with van der Waals surface area (Å²) < 4.78 is 0. The molecule has 0 aliphatic carbocycles. The van der Waals surface area contributed by atoms with Crippen molar-refractivity contribution in [3.63, 3.8) is 0 Å². The van der Waals surface area contributed by atoms with Gasteiger partial charge in [-0.25, -0.2) is 0 Å². The fourth-order valence-corrected chi connectivity index (χ4v) is 1.47. The quantitative estimate of drug-likeness (QED) is 0.780. The van der Waals surface area contributed by atoms with Gasteiger partial charge in [0.25, 0.3) is 0 Å². The molecule has 2 aromatic heterocycles. The average Bonchev–Trinajstić information content (AvgIpc) is 2.65. The second-order valence-corrected chi connectivity index (χ2v) is 3.73. The molecule has 15 heavy (non-hydrogen) atoms. The molecule has 2 aromatic rings. The Bertz CT molecular complexity index is 444. The lowest BCUT2D eigenvalue weighted by atomic mass is 10.0. The van der Waals surface area contributed by atoms with Gasteiger partial charge in [0.1, 0.15) is 5.82 Å². The number of anilines is 1. The monoisotopic (exact) mass is 202 g/mol. The van der Waals surface area contributed by atoms with Crippen LogP contribution in [0.4, 0.5) is 5.82 Å². The molecule has 0 fully saturated rings. The predicted molar refractivity (Wildman–Crippen MR) is 59.5 cm³/mol. The van der Waals surface area contributed by atoms with Crippen molar-refractivity contribution < 1.29 is 0 Å². The van der Waals surface area contributed by atoms with Gasteiger partial charge in [-0.05, 0) is 18.6 Å². The molecule has 0 bridgehead atoms. The van der Waals surface area contributed by atoms with E-state index in [-0.39, 0.29) is 5.92 Å². The number of pyridine rings is 1. The maximum atomic E-state index is 5.56. The van der Waals surface area contributed by atoms with Gasteiger partial charge in [0.05, 0.1) is 0 Å². The zero-order valence-electron chi connectivity index (χ0n) is 8.86. The minimum Gasteiger partial charge on any atom is -0.382 e. The highest BCUT2D eigenvalue weighted by molar-refractivity contribution is 5.33. The second-order valence-electron chi connectivity index (χ2n) is 3.73. The van der Waals surface area contributed by atoms with Crippen LogP contribution in [0, 0.1) is 6.92 Å². The molecule has 0 aliphatic rings. The lowest BCUT2D eigenvalue weighted by molar-refractivity contribution is 0.819. The number of aryl methyl sites for hydroxylation is 1. The first kappa shape index (κ1) is 9.71. The van der Waals surface area contributed by atoms with Crippen LogP contribution in [0.25, 0.3) is 0 Å². The summed E-state index contributed by atoms with van der Waals surface area (Å²) in [6, 6.07) is 5.92. The maximum Gasteiger partial charge on any atom is 0.145 e. The molecule has 2 rings (SSSR count). The number of aromatic amines is 1. The second kappa shape index (κ2) is 3.73. The van der Waals surface area contributed by atoms with E-state index >= 15 is 0 Å². The summed E-state index contributed by atoms with van der Waals surface area (Å²) in [6.07, 6.45) is 1.87. The van der Waals surface area contributed by atoms with Crippen LogP contribution in [-0.4, -0.2) is 15.2 Å². The number of nitrogen functional groups attached to an aromatic ring is 1. The van der Waals surface area contributed by atoms with E-state index in [0.717, 1.165) is 17.0 Å². The van der Waals surface area contributed by atoms with E-state index < -0.39 is 0 Å². The van der Waals surface area contributed by atoms with Gasteiger partial charge in [0.2, 0.25) is 0 Å². The molecule has 0 amide bonds. The van der Waals surface area contributed by atoms with Crippen molar-refractivity contribution in [1.29, 1.82) is 0 Å². The summed E-state index contributed by atoms with van der Waals surface area (Å²) in [6.45, 7) is 4.10. The number of aromatic nitrogens is 3. The molecular weight excluding hydrogens is 188 g/mol. The van der Waals surface area contributed by atoms with Crippen LogP contribution < -0.4 is 5.73 Å². The van der Waals surface area contributed by atoms with E-state index in [1.54, 1.807) is 0 Å². The van der Waals surface area contributed by atoms with Crippen molar-refractivity contribution in [2.24, 2.45) is 0 Å². The Morgan fingerprint density at radius 1 is 1.40 bits per heavy atom. The lowest BCUT2D eigenvalue weighted by Crippen LogP contribution is -1.99. The molecule has 1 unspecified atom stereocenters. The van der Waals surface area contributed by atoms with Crippen LogP contribution >= 0.6 is 0 Å². The Kier molecular flexibility index (Phi) is 2.41. The average molecular weight is 202 g/mol. The summed E-state index contributed by atoms with van der Waals surface area (Å²) >= 11 is 0. The maximum absolute atomic E-state index is 5.56. The summed E-state index contributed by atoms with van der Waals surface area (Å²) in [7, 11) is 0. The molecule has 0 spiro atoms. The van der Waals surface area contributed by atoms with E-state index in [0.29, 0.717) is 5.82 Å². The highest BCUT2D eigenvalue weighted by Crippen LogP contribution is 2.21. The van der Waals surface area contributed by atoms with E-state index in [9.17, 15) is 0 Å². The third kappa shape index (κ3) is 1.98. The molecule has 2 heterocycles. The van der Waals surface area contributed by atoms with Gasteiger partial charge in [0.15, 0.2) is 0 Å². The van der Waals surface area contributed by atoms with E-state index in [1.165, 1.54) is 0 Å². The zero-order valence-corrected chi connectivity index (χ0v) is 8.86. The molecule has 0 aromatic carbocycles. The minimum atomic E-state index is 0.190. The van der Waals surface area contributed by atoms with Crippen molar-refractivity contribution in [1.82, 2.24) is 15.2 Å². The largest absolute Gasteiger partial charge is 0.382 e. The lowest BCUT2D eigenvalue weighted by Gasteiger charge is -2.08. The SMILES string of the molecule is Cc1ccc(C(C)c2cc(N)n[nH]2)nc1. The Hall–Kier alpha value is -1.84. The normalized spacial score (nSPS) is 12.7. The summed E-state index contributed by atoms with van der Waals surface area (Å²) in [4.78, 5) is 4.38. The molecule has 0 aliphatic heterocycles. The third-order valence-corrected chi connectivity index (χ3v) is 2.46. The number of H-pyrrole nitrogens is 1. The van der Waals surface area contributed by atoms with Gasteiger partial charge < -0.3 is 5.73 Å². The van der Waals surface area contributed by atoms with Gasteiger partial charge in [-0.15, -0.1) is 0 Å². The summed E-state index contributed by atoms with van der Waals surface area (Å²) in [5, 5.41) is 6.81. The topological polar surface area (TPSA) is 67.6 Å². The van der Waals surface area contributed by atoms with Crippen molar-refractivity contribution in [3.8, 4) is 0 Å². The predicted octanol–water partition coefficient (Wildman–Crippen LogP) is 1.85. The Morgan fingerprint density at radius 3 is 2.73 bits per heavy atom. The van der Waals surface area contributed by atoms with Crippen LogP contribution in [0.2, 0.25) is 0 Å². The molecule has 0 saturated heterocycles. The van der Waals surface area contributed by atoms with Crippen LogP contribution in [0.3, 0.4) is 0 Å². The Labute approximate surface area is 88.5 Å². The molecular formula is C11H14N4. The molecule has 4 heteroatoms. The number of rotatable bonds is 2. The smallest absolute Gasteiger partial charge is 0.145 e. The number of hydrogen-bond acceptors (Lipinski definition) is 3. The van der Waals surface area contributed by atoms with Crippen molar-refractivity contribution in [2.45, 2.75) is 19.8 Å². The molecule has 0 saturated carbocycles. The number of nitrogens with two attached hydrogens (primary N) is 1. The van der Waals surface area contributed by atoms with Crippen LogP contribution in [0.5, 0.6) is 0 Å². The highest BCUT2D eigenvalue weighted by atomic mass is 15.2. The van der Waals surface area contributed by atoms with Gasteiger partial charge >= 0.3 is 0 Å². The first-order valence-corrected chi connectivity index (χ1v) is 4.90. The first-order chi connectivity index (χ1) is 7.16. The van der Waals surface area contributed by atoms with Gasteiger partial charge in [0, 0.05) is 29.6 Å². The molecule has 1 atom stereocenters. The number of nitrogens with one attached hydrogen (secondary N) is 1. The summed E-state index contributed by atoms with van der Waals surface area (Å²) in [5.41, 5.74) is 8.73. The molecule has 4 nitrogen and oxygen atoms in total. The molecule has 3 N–H and O–H groups in total. The summed E-state index contributed by atoms with van der Waals surface area (Å²) in [5.74, 6) is 0.708. The van der Waals surface area contributed by atoms with E-state index in [4.69, 9.17) is 5.73 Å². The van der Waals surface area contributed by atoms with E-state index in [1.807, 2.05) is 25.3 Å². The van der Waals surface area contributed by atoms with Crippen molar-refractivity contribution >= 4 is 5.82 Å². The Balaban J connectivity index is 2.28. The molecule has 78 valence electrons. The van der Waals surface area contributed by atoms with Crippen LogP contribution in [-0.2, 0) is 0 Å². The van der Waals surface area contributed by atoms with Crippen molar-refractivity contribution in [3.05, 3.63) is 41.3 Å². The zero-order chi connectivity index (χ0) is 10.8. The minimum absolute atomic E-state index is 0.190. The van der Waals surface area contributed by atoms with Crippen molar-refractivity contribution in [2.75, 3.05) is 5.73 Å². The third-order valence-electron chi connectivity index (χ3n) is 2.46. The van der Waals surface area contributed by atoms with Crippen LogP contribution in [0.15, 0.2) is 24.4 Å². The van der Waals surface area contributed by atoms with Gasteiger partial charge in [-0.1, -0.05) is 13.0 Å². The van der Waals surface area contributed by atoms with Gasteiger partial charge in [-0.3, -0.25) is 10.1 Å². The van der Waals surface area contributed by atoms with E-state index in [2.05, 4.69) is 28.2 Å². The molecule has 0 radical (unpaired) electrons. The van der Waals surface area contributed by atoms with Gasteiger partial charge in [-0.2, -0.15) is 5.10 Å². The Morgan fingerprint density at radius 2 is 2.20 bits per heavy atom. The van der Waals surface area contributed by atoms with Crippen LogP contribution in [0.1, 0.15) is 29.8 Å². The first-order valence-electron chi connectivity index (χ1n) is 4.90. The standard InChI is InChI=1S/C11H14N4/c1-7-3-4-9(13-6-7)8(2)10-5-11(12)15-14-10/h3-6,8H,1-2H3,(H3,12,14,15). The number of hydrogen-bond donors (Lipinski definition) is 2. The highest BCUT2D eigenvalue weighted by Gasteiger charge is 2.11.